The third-order valence-electron chi connectivity index (χ3n) is 5.44. The Morgan fingerprint density at radius 2 is 2.14 bits per heavy atom. The highest BCUT2D eigenvalue weighted by Crippen LogP contribution is 2.27. The van der Waals surface area contributed by atoms with Crippen LogP contribution in [0, 0.1) is 11.7 Å². The van der Waals surface area contributed by atoms with E-state index in [1.807, 2.05) is 35.9 Å². The molecule has 3 aromatic rings. The van der Waals surface area contributed by atoms with E-state index in [0.29, 0.717) is 32.2 Å². The number of halogens is 1. The number of nitrogens with zero attached hydrogens (tertiary/aromatic N) is 2. The molecule has 1 aliphatic heterocycles. The average Bonchev–Trinajstić information content (AvgIpc) is 3.01. The van der Waals surface area contributed by atoms with E-state index in [1.54, 1.807) is 6.07 Å². The summed E-state index contributed by atoms with van der Waals surface area (Å²) in [6.07, 6.45) is 2.02. The summed E-state index contributed by atoms with van der Waals surface area (Å²) in [7, 11) is 1.84. The summed E-state index contributed by atoms with van der Waals surface area (Å²) >= 11 is 0. The zero-order valence-corrected chi connectivity index (χ0v) is 16.2. The quantitative estimate of drug-likeness (QED) is 0.675. The first-order chi connectivity index (χ1) is 14.0. The molecule has 2 aromatic carbocycles. The Morgan fingerprint density at radius 1 is 1.31 bits per heavy atom. The standard InChI is InChI=1S/C22H23FN4O2/c1-27-19-13-16(23)7-8-18(19)25-20(27)10-11-24-21(28)9-6-15-12-14-4-2-3-5-17(14)26-22(15)29/h2-5,7-8,13,15H,6,9-12H2,1H3,(H,24,28)(H,26,29). The third-order valence-corrected chi connectivity index (χ3v) is 5.44. The Morgan fingerprint density at radius 3 is 3.00 bits per heavy atom. The van der Waals surface area contributed by atoms with Gasteiger partial charge in [0.05, 0.1) is 11.0 Å². The summed E-state index contributed by atoms with van der Waals surface area (Å²) in [4.78, 5) is 28.9. The number of rotatable bonds is 6. The van der Waals surface area contributed by atoms with Gasteiger partial charge in [-0.3, -0.25) is 9.59 Å². The molecule has 2 amide bonds. The van der Waals surface area contributed by atoms with E-state index in [-0.39, 0.29) is 23.5 Å². The van der Waals surface area contributed by atoms with Crippen molar-refractivity contribution < 1.29 is 14.0 Å². The Balaban J connectivity index is 1.27. The van der Waals surface area contributed by atoms with Gasteiger partial charge in [-0.25, -0.2) is 9.37 Å². The van der Waals surface area contributed by atoms with Crippen LogP contribution < -0.4 is 10.6 Å². The molecule has 0 radical (unpaired) electrons. The lowest BCUT2D eigenvalue weighted by atomic mass is 9.89. The fourth-order valence-corrected chi connectivity index (χ4v) is 3.79. The summed E-state index contributed by atoms with van der Waals surface area (Å²) in [5.41, 5.74) is 3.44. The van der Waals surface area contributed by atoms with Crippen LogP contribution >= 0.6 is 0 Å². The van der Waals surface area contributed by atoms with E-state index in [2.05, 4.69) is 15.6 Å². The van der Waals surface area contributed by atoms with Gasteiger partial charge >= 0.3 is 0 Å². The maximum Gasteiger partial charge on any atom is 0.227 e. The lowest BCUT2D eigenvalue weighted by Gasteiger charge is -2.24. The molecule has 0 spiro atoms. The molecule has 2 heterocycles. The Kier molecular flexibility index (Phi) is 5.29. The van der Waals surface area contributed by atoms with Gasteiger partial charge in [0.1, 0.15) is 11.6 Å². The third kappa shape index (κ3) is 4.13. The number of nitrogens with one attached hydrogen (secondary N) is 2. The number of hydrogen-bond donors (Lipinski definition) is 2. The van der Waals surface area contributed by atoms with Crippen molar-refractivity contribution in [3.8, 4) is 0 Å². The molecule has 2 N–H and O–H groups in total. The summed E-state index contributed by atoms with van der Waals surface area (Å²) in [5.74, 6) is 0.194. The average molecular weight is 394 g/mol. The number of anilines is 1. The molecule has 150 valence electrons. The van der Waals surface area contributed by atoms with E-state index >= 15 is 0 Å². The second-order valence-electron chi connectivity index (χ2n) is 7.41. The number of benzene rings is 2. The zero-order valence-electron chi connectivity index (χ0n) is 16.2. The molecule has 29 heavy (non-hydrogen) atoms. The molecule has 0 aliphatic carbocycles. The van der Waals surface area contributed by atoms with Crippen LogP contribution in [0.15, 0.2) is 42.5 Å². The van der Waals surface area contributed by atoms with Crippen LogP contribution in [0.5, 0.6) is 0 Å². The minimum Gasteiger partial charge on any atom is -0.356 e. The molecule has 1 atom stereocenters. The van der Waals surface area contributed by atoms with Gasteiger partial charge < -0.3 is 15.2 Å². The Hall–Kier alpha value is -3.22. The van der Waals surface area contributed by atoms with Crippen molar-refractivity contribution in [1.82, 2.24) is 14.9 Å². The number of para-hydroxylation sites is 1. The van der Waals surface area contributed by atoms with Gasteiger partial charge in [0.25, 0.3) is 0 Å². The first-order valence-electron chi connectivity index (χ1n) is 9.77. The minimum atomic E-state index is -0.297. The number of carbonyl (C=O) groups is 2. The number of fused-ring (bicyclic) bond motifs is 2. The van der Waals surface area contributed by atoms with Crippen LogP contribution in [-0.4, -0.2) is 27.9 Å². The predicted molar refractivity (Wildman–Crippen MR) is 109 cm³/mol. The van der Waals surface area contributed by atoms with Crippen LogP contribution in [0.25, 0.3) is 11.0 Å². The first kappa shape index (κ1) is 19.1. The molecule has 0 saturated carbocycles. The number of imidazole rings is 1. The largest absolute Gasteiger partial charge is 0.356 e. The molecular weight excluding hydrogens is 371 g/mol. The van der Waals surface area contributed by atoms with Gasteiger partial charge in [-0.05, 0) is 42.7 Å². The van der Waals surface area contributed by atoms with Crippen molar-refractivity contribution in [2.24, 2.45) is 13.0 Å². The van der Waals surface area contributed by atoms with E-state index in [0.717, 1.165) is 28.1 Å². The first-order valence-corrected chi connectivity index (χ1v) is 9.77. The van der Waals surface area contributed by atoms with E-state index in [1.165, 1.54) is 12.1 Å². The normalized spacial score (nSPS) is 15.8. The number of amides is 2. The summed E-state index contributed by atoms with van der Waals surface area (Å²) in [6.45, 7) is 0.443. The topological polar surface area (TPSA) is 76.0 Å². The second-order valence-corrected chi connectivity index (χ2v) is 7.41. The van der Waals surface area contributed by atoms with Gasteiger partial charge in [0.15, 0.2) is 0 Å². The maximum atomic E-state index is 13.4. The number of aryl methyl sites for hydroxylation is 1. The van der Waals surface area contributed by atoms with Crippen LogP contribution in [-0.2, 0) is 29.5 Å². The Labute approximate surface area is 168 Å². The molecule has 1 aromatic heterocycles. The molecule has 4 rings (SSSR count). The van der Waals surface area contributed by atoms with Gasteiger partial charge in [-0.2, -0.15) is 0 Å². The van der Waals surface area contributed by atoms with Crippen LogP contribution in [0.4, 0.5) is 10.1 Å². The summed E-state index contributed by atoms with van der Waals surface area (Å²) < 4.78 is 15.2. The minimum absolute atomic E-state index is 0.0246. The number of aromatic nitrogens is 2. The fraction of sp³-hybridized carbons (Fsp3) is 0.318. The predicted octanol–water partition coefficient (Wildman–Crippen LogP) is 2.96. The highest BCUT2D eigenvalue weighted by Gasteiger charge is 2.26. The van der Waals surface area contributed by atoms with Gasteiger partial charge in [-0.15, -0.1) is 0 Å². The molecule has 0 saturated heterocycles. The summed E-state index contributed by atoms with van der Waals surface area (Å²) in [5, 5.41) is 5.80. The van der Waals surface area contributed by atoms with Gasteiger partial charge in [0, 0.05) is 38.0 Å². The summed E-state index contributed by atoms with van der Waals surface area (Å²) in [6, 6.07) is 12.2. The lowest BCUT2D eigenvalue weighted by molar-refractivity contribution is -0.122. The highest BCUT2D eigenvalue weighted by atomic mass is 19.1. The van der Waals surface area contributed by atoms with Gasteiger partial charge in [0.2, 0.25) is 11.8 Å². The molecule has 1 aliphatic rings. The number of hydrogen-bond acceptors (Lipinski definition) is 3. The van der Waals surface area contributed by atoms with Crippen LogP contribution in [0.3, 0.4) is 0 Å². The van der Waals surface area contributed by atoms with E-state index in [9.17, 15) is 14.0 Å². The molecular formula is C22H23FN4O2. The van der Waals surface area contributed by atoms with Crippen molar-refractivity contribution in [2.75, 3.05) is 11.9 Å². The fourth-order valence-electron chi connectivity index (χ4n) is 3.79. The van der Waals surface area contributed by atoms with Crippen molar-refractivity contribution >= 4 is 28.5 Å². The number of carbonyl (C=O) groups excluding carboxylic acids is 2. The smallest absolute Gasteiger partial charge is 0.227 e. The molecule has 1 unspecified atom stereocenters. The van der Waals surface area contributed by atoms with Crippen molar-refractivity contribution in [2.45, 2.75) is 25.7 Å². The maximum absolute atomic E-state index is 13.4. The lowest BCUT2D eigenvalue weighted by Crippen LogP contribution is -2.32. The van der Waals surface area contributed by atoms with Crippen LogP contribution in [0.1, 0.15) is 24.2 Å². The van der Waals surface area contributed by atoms with Crippen LogP contribution in [0.2, 0.25) is 0 Å². The van der Waals surface area contributed by atoms with Gasteiger partial charge in [-0.1, -0.05) is 18.2 Å². The van der Waals surface area contributed by atoms with Crippen molar-refractivity contribution in [1.29, 1.82) is 0 Å². The Bertz CT molecular complexity index is 1080. The molecule has 0 fully saturated rings. The highest BCUT2D eigenvalue weighted by molar-refractivity contribution is 5.96. The zero-order chi connectivity index (χ0) is 20.4. The van der Waals surface area contributed by atoms with Crippen molar-refractivity contribution in [3.05, 3.63) is 59.7 Å². The second kappa shape index (κ2) is 8.03. The van der Waals surface area contributed by atoms with Crippen molar-refractivity contribution in [3.63, 3.8) is 0 Å². The van der Waals surface area contributed by atoms with E-state index in [4.69, 9.17) is 0 Å². The molecule has 6 nitrogen and oxygen atoms in total. The van der Waals surface area contributed by atoms with E-state index < -0.39 is 0 Å². The molecule has 7 heteroatoms. The molecule has 0 bridgehead atoms. The monoisotopic (exact) mass is 394 g/mol. The SMILES string of the molecule is Cn1c(CCNC(=O)CCC2Cc3ccccc3NC2=O)nc2ccc(F)cc21.